The molecule has 2 nitrogen and oxygen atoms in total. The molecule has 1 saturated heterocycles. The average molecular weight is 189 g/mol. The molecule has 0 radical (unpaired) electrons. The van der Waals surface area contributed by atoms with Crippen LogP contribution in [0, 0.1) is 0 Å². The van der Waals surface area contributed by atoms with Crippen LogP contribution in [0.15, 0.2) is 18.1 Å². The van der Waals surface area contributed by atoms with Gasteiger partial charge in [0.1, 0.15) is 0 Å². The van der Waals surface area contributed by atoms with E-state index < -0.39 is 0 Å². The SMILES string of the molecule is CN1CCC(c2bcccc2O)CC1. The molecule has 0 aliphatic carbocycles. The van der Waals surface area contributed by atoms with Crippen LogP contribution in [-0.2, 0) is 0 Å². The Morgan fingerprint density at radius 1 is 1.43 bits per heavy atom. The number of likely N-dealkylation sites (tertiary alicyclic amines) is 1. The van der Waals surface area contributed by atoms with Crippen molar-refractivity contribution in [3.05, 3.63) is 23.6 Å². The quantitative estimate of drug-likeness (QED) is 0.724. The zero-order chi connectivity index (χ0) is 9.97. The van der Waals surface area contributed by atoms with E-state index in [0.29, 0.717) is 11.7 Å². The van der Waals surface area contributed by atoms with E-state index in [0.717, 1.165) is 31.4 Å². The monoisotopic (exact) mass is 189 g/mol. The standard InChI is InChI=1S/C11H16BNO/c1-13-7-4-9(5-8-13)11-10(14)3-2-6-12-11/h2-3,6,9,14H,4-5,7-8H2,1H3. The number of aromatic hydroxyl groups is 1. The molecule has 0 amide bonds. The normalized spacial score (nSPS) is 19.5. The van der Waals surface area contributed by atoms with E-state index in [4.69, 9.17) is 0 Å². The Labute approximate surface area is 85.8 Å². The molecule has 1 N–H and O–H groups in total. The predicted octanol–water partition coefficient (Wildman–Crippen LogP) is 1.54. The van der Waals surface area contributed by atoms with Crippen molar-refractivity contribution < 1.29 is 5.11 Å². The molecule has 3 heteroatoms. The van der Waals surface area contributed by atoms with Gasteiger partial charge in [-0.1, -0.05) is 0 Å². The number of hydrogen-bond acceptors (Lipinski definition) is 2. The zero-order valence-electron chi connectivity index (χ0n) is 8.61. The third-order valence-electron chi connectivity index (χ3n) is 3.10. The molecule has 0 bridgehead atoms. The minimum atomic E-state index is 0.460. The van der Waals surface area contributed by atoms with Crippen LogP contribution in [0.5, 0.6) is 5.75 Å². The first-order valence-corrected chi connectivity index (χ1v) is 5.24. The molecule has 2 heterocycles. The van der Waals surface area contributed by atoms with Gasteiger partial charge < -0.3 is 0 Å². The summed E-state index contributed by atoms with van der Waals surface area (Å²) >= 11 is 0. The van der Waals surface area contributed by atoms with Crippen molar-refractivity contribution in [1.82, 2.24) is 4.90 Å². The van der Waals surface area contributed by atoms with Crippen LogP contribution in [0.2, 0.25) is 0 Å². The maximum atomic E-state index is 9.72. The van der Waals surface area contributed by atoms with E-state index >= 15 is 0 Å². The van der Waals surface area contributed by atoms with Gasteiger partial charge in [0.2, 0.25) is 0 Å². The first-order valence-electron chi connectivity index (χ1n) is 5.24. The predicted molar refractivity (Wildman–Crippen MR) is 58.9 cm³/mol. The van der Waals surface area contributed by atoms with Gasteiger partial charge >= 0.3 is 85.1 Å². The Hall–Kier alpha value is -0.825. The molecule has 1 aromatic heterocycles. The summed E-state index contributed by atoms with van der Waals surface area (Å²) in [5.41, 5.74) is 1.13. The molecule has 74 valence electrons. The van der Waals surface area contributed by atoms with Crippen molar-refractivity contribution in [2.24, 2.45) is 0 Å². The van der Waals surface area contributed by atoms with E-state index in [9.17, 15) is 5.11 Å². The summed E-state index contributed by atoms with van der Waals surface area (Å²) in [6, 6.07) is 3.67. The summed E-state index contributed by atoms with van der Waals surface area (Å²) in [6.45, 7) is 4.32. The molecule has 2 rings (SSSR count). The van der Waals surface area contributed by atoms with Crippen molar-refractivity contribution in [1.29, 1.82) is 0 Å². The molecular weight excluding hydrogens is 173 g/mol. The summed E-state index contributed by atoms with van der Waals surface area (Å²) in [5.74, 6) is 3.02. The minimum absolute atomic E-state index is 0.460. The molecule has 1 fully saturated rings. The van der Waals surface area contributed by atoms with Crippen LogP contribution in [0.1, 0.15) is 24.2 Å². The topological polar surface area (TPSA) is 23.5 Å². The second kappa shape index (κ2) is 4.14. The number of nitrogens with zero attached hydrogens (tertiary/aromatic N) is 1. The molecule has 0 aromatic carbocycles. The van der Waals surface area contributed by atoms with Crippen LogP contribution in [-0.4, -0.2) is 37.1 Å². The van der Waals surface area contributed by atoms with E-state index in [1.807, 2.05) is 18.9 Å². The molecule has 1 aliphatic rings. The fourth-order valence-corrected chi connectivity index (χ4v) is 2.15. The third kappa shape index (κ3) is 1.98. The van der Waals surface area contributed by atoms with Crippen LogP contribution in [0.4, 0.5) is 0 Å². The van der Waals surface area contributed by atoms with Crippen molar-refractivity contribution in [3.8, 4) is 5.75 Å². The summed E-state index contributed by atoms with van der Waals surface area (Å²) in [4.78, 5) is 2.34. The Balaban J connectivity index is 2.12. The summed E-state index contributed by atoms with van der Waals surface area (Å²) in [7, 11) is 2.15. The van der Waals surface area contributed by atoms with Crippen molar-refractivity contribution in [2.75, 3.05) is 20.1 Å². The number of piperidine rings is 1. The van der Waals surface area contributed by atoms with Crippen LogP contribution >= 0.6 is 0 Å². The van der Waals surface area contributed by atoms with Gasteiger partial charge in [0, 0.05) is 0 Å². The molecule has 1 aliphatic heterocycles. The van der Waals surface area contributed by atoms with Gasteiger partial charge in [-0.15, -0.1) is 0 Å². The van der Waals surface area contributed by atoms with E-state index in [1.54, 1.807) is 6.07 Å². The molecule has 0 saturated carbocycles. The molecule has 1 aromatic rings. The van der Waals surface area contributed by atoms with E-state index in [-0.39, 0.29) is 0 Å². The number of rotatable bonds is 1. The summed E-state index contributed by atoms with van der Waals surface area (Å²) in [6.07, 6.45) is 2.32. The van der Waals surface area contributed by atoms with Gasteiger partial charge in [-0.3, -0.25) is 0 Å². The first-order chi connectivity index (χ1) is 6.77. The Bertz CT molecular complexity index is 308. The molecule has 0 spiro atoms. The van der Waals surface area contributed by atoms with Crippen LogP contribution < -0.4 is 0 Å². The second-order valence-corrected chi connectivity index (χ2v) is 4.14. The fourth-order valence-electron chi connectivity index (χ4n) is 2.15. The van der Waals surface area contributed by atoms with Crippen LogP contribution in [0.25, 0.3) is 0 Å². The van der Waals surface area contributed by atoms with Gasteiger partial charge in [0.15, 0.2) is 0 Å². The third-order valence-corrected chi connectivity index (χ3v) is 3.10. The van der Waals surface area contributed by atoms with Gasteiger partial charge in [0.05, 0.1) is 0 Å². The zero-order valence-corrected chi connectivity index (χ0v) is 8.61. The molecule has 0 unspecified atom stereocenters. The van der Waals surface area contributed by atoms with Crippen LogP contribution in [0.3, 0.4) is 0 Å². The fraction of sp³-hybridized carbons (Fsp3) is 0.545. The van der Waals surface area contributed by atoms with Crippen molar-refractivity contribution >= 4 is 6.91 Å². The Morgan fingerprint density at radius 2 is 2.14 bits per heavy atom. The Morgan fingerprint density at radius 3 is 2.79 bits per heavy atom. The summed E-state index contributed by atoms with van der Waals surface area (Å²) in [5, 5.41) is 9.72. The molecular formula is C11H16BNO. The second-order valence-electron chi connectivity index (χ2n) is 4.14. The van der Waals surface area contributed by atoms with E-state index in [1.165, 1.54) is 0 Å². The first kappa shape index (κ1) is 9.72. The van der Waals surface area contributed by atoms with Gasteiger partial charge in [-0.05, 0) is 0 Å². The summed E-state index contributed by atoms with van der Waals surface area (Å²) < 4.78 is 0. The van der Waals surface area contributed by atoms with Crippen molar-refractivity contribution in [3.63, 3.8) is 0 Å². The van der Waals surface area contributed by atoms with Gasteiger partial charge in [0.25, 0.3) is 0 Å². The van der Waals surface area contributed by atoms with E-state index in [2.05, 4.69) is 11.9 Å². The molecule has 14 heavy (non-hydrogen) atoms. The maximum absolute atomic E-state index is 9.72. The Kier molecular flexibility index (Phi) is 2.87. The molecule has 0 atom stereocenters. The van der Waals surface area contributed by atoms with Crippen molar-refractivity contribution in [2.45, 2.75) is 18.8 Å². The average Bonchev–Trinajstić information content (AvgIpc) is 2.20. The van der Waals surface area contributed by atoms with Gasteiger partial charge in [-0.25, -0.2) is 0 Å². The van der Waals surface area contributed by atoms with Gasteiger partial charge in [-0.2, -0.15) is 0 Å². The number of hydrogen-bond donors (Lipinski definition) is 1.